The molecule has 1 fully saturated rings. The van der Waals surface area contributed by atoms with Gasteiger partial charge in [-0.2, -0.15) is 0 Å². The number of aliphatic hydroxyl groups excluding tert-OH is 1. The number of aliphatic hydroxyl groups is 1. The van der Waals surface area contributed by atoms with E-state index in [1.54, 1.807) is 23.1 Å². The molecule has 1 atom stereocenters. The summed E-state index contributed by atoms with van der Waals surface area (Å²) in [6.45, 7) is 1.45. The Balaban J connectivity index is 2.12. The SMILES string of the molecule is COc1cccc(C(=O)N2CCC(CCO)C2)c1O. The van der Waals surface area contributed by atoms with Gasteiger partial charge in [0.1, 0.15) is 0 Å². The van der Waals surface area contributed by atoms with E-state index in [9.17, 15) is 9.90 Å². The fourth-order valence-electron chi connectivity index (χ4n) is 2.47. The normalized spacial score (nSPS) is 18.6. The molecule has 0 saturated carbocycles. The summed E-state index contributed by atoms with van der Waals surface area (Å²) in [6.07, 6.45) is 1.62. The van der Waals surface area contributed by atoms with Crippen LogP contribution in [-0.4, -0.2) is 47.8 Å². The van der Waals surface area contributed by atoms with Crippen LogP contribution in [0.2, 0.25) is 0 Å². The molecule has 5 nitrogen and oxygen atoms in total. The first kappa shape index (κ1) is 13.7. The molecule has 104 valence electrons. The second-order valence-corrected chi connectivity index (χ2v) is 4.77. The highest BCUT2D eigenvalue weighted by Gasteiger charge is 2.28. The van der Waals surface area contributed by atoms with Crippen molar-refractivity contribution in [2.75, 3.05) is 26.8 Å². The molecule has 1 amide bonds. The van der Waals surface area contributed by atoms with Gasteiger partial charge in [-0.25, -0.2) is 0 Å². The molecule has 0 aliphatic carbocycles. The molecule has 1 aromatic rings. The summed E-state index contributed by atoms with van der Waals surface area (Å²) < 4.78 is 5.00. The Morgan fingerprint density at radius 1 is 1.53 bits per heavy atom. The van der Waals surface area contributed by atoms with Gasteiger partial charge in [-0.05, 0) is 30.9 Å². The van der Waals surface area contributed by atoms with Gasteiger partial charge < -0.3 is 19.8 Å². The monoisotopic (exact) mass is 265 g/mol. The van der Waals surface area contributed by atoms with E-state index < -0.39 is 0 Å². The van der Waals surface area contributed by atoms with Gasteiger partial charge in [0.15, 0.2) is 11.5 Å². The number of carbonyl (C=O) groups excluding carboxylic acids is 1. The van der Waals surface area contributed by atoms with Crippen LogP contribution in [0, 0.1) is 5.92 Å². The zero-order valence-corrected chi connectivity index (χ0v) is 11.0. The topological polar surface area (TPSA) is 70.0 Å². The number of benzene rings is 1. The first-order chi connectivity index (χ1) is 9.17. The summed E-state index contributed by atoms with van der Waals surface area (Å²) in [7, 11) is 1.45. The van der Waals surface area contributed by atoms with Crippen LogP contribution in [0.25, 0.3) is 0 Å². The number of aromatic hydroxyl groups is 1. The number of phenols is 1. The number of carbonyl (C=O) groups is 1. The molecule has 0 bridgehead atoms. The third-order valence-electron chi connectivity index (χ3n) is 3.56. The Kier molecular flexibility index (Phi) is 4.27. The Labute approximate surface area is 112 Å². The van der Waals surface area contributed by atoms with Gasteiger partial charge in [0.2, 0.25) is 0 Å². The van der Waals surface area contributed by atoms with E-state index in [4.69, 9.17) is 9.84 Å². The van der Waals surface area contributed by atoms with Crippen LogP contribution in [-0.2, 0) is 0 Å². The maximum Gasteiger partial charge on any atom is 0.257 e. The van der Waals surface area contributed by atoms with Crippen LogP contribution in [0.3, 0.4) is 0 Å². The van der Waals surface area contributed by atoms with Crippen LogP contribution in [0.15, 0.2) is 18.2 Å². The molecule has 1 aromatic carbocycles. The lowest BCUT2D eigenvalue weighted by Crippen LogP contribution is -2.28. The fourth-order valence-corrected chi connectivity index (χ4v) is 2.47. The van der Waals surface area contributed by atoms with E-state index in [2.05, 4.69) is 0 Å². The van der Waals surface area contributed by atoms with Gasteiger partial charge in [0, 0.05) is 19.7 Å². The summed E-state index contributed by atoms with van der Waals surface area (Å²) in [5.74, 6) is 0.358. The first-order valence-corrected chi connectivity index (χ1v) is 6.43. The van der Waals surface area contributed by atoms with Crippen LogP contribution >= 0.6 is 0 Å². The van der Waals surface area contributed by atoms with Crippen molar-refractivity contribution in [2.45, 2.75) is 12.8 Å². The molecule has 0 aromatic heterocycles. The van der Waals surface area contributed by atoms with Gasteiger partial charge in [-0.1, -0.05) is 6.07 Å². The zero-order chi connectivity index (χ0) is 13.8. The number of amides is 1. The molecule has 5 heteroatoms. The second-order valence-electron chi connectivity index (χ2n) is 4.77. The Morgan fingerprint density at radius 2 is 2.32 bits per heavy atom. The van der Waals surface area contributed by atoms with Crippen molar-refractivity contribution in [3.8, 4) is 11.5 Å². The predicted molar refractivity (Wildman–Crippen MR) is 70.4 cm³/mol. The standard InChI is InChI=1S/C14H19NO4/c1-19-12-4-2-3-11(13(12)17)14(18)15-7-5-10(9-15)6-8-16/h2-4,10,16-17H,5-9H2,1H3. The van der Waals surface area contributed by atoms with Crippen molar-refractivity contribution in [3.63, 3.8) is 0 Å². The number of likely N-dealkylation sites (tertiary alicyclic amines) is 1. The lowest BCUT2D eigenvalue weighted by molar-refractivity contribution is 0.0781. The number of methoxy groups -OCH3 is 1. The van der Waals surface area contributed by atoms with Crippen molar-refractivity contribution in [1.29, 1.82) is 0 Å². The van der Waals surface area contributed by atoms with E-state index in [0.717, 1.165) is 6.42 Å². The maximum absolute atomic E-state index is 12.3. The molecule has 2 rings (SSSR count). The third-order valence-corrected chi connectivity index (χ3v) is 3.56. The number of hydrogen-bond acceptors (Lipinski definition) is 4. The summed E-state index contributed by atoms with van der Waals surface area (Å²) in [5.41, 5.74) is 0.268. The summed E-state index contributed by atoms with van der Waals surface area (Å²) in [6, 6.07) is 4.90. The highest BCUT2D eigenvalue weighted by atomic mass is 16.5. The average Bonchev–Trinajstić information content (AvgIpc) is 2.87. The molecule has 0 spiro atoms. The number of ether oxygens (including phenoxy) is 1. The smallest absolute Gasteiger partial charge is 0.257 e. The van der Waals surface area contributed by atoms with Gasteiger partial charge in [0.25, 0.3) is 5.91 Å². The van der Waals surface area contributed by atoms with Gasteiger partial charge >= 0.3 is 0 Å². The highest BCUT2D eigenvalue weighted by molar-refractivity contribution is 5.97. The molecular weight excluding hydrogens is 246 g/mol. The fraction of sp³-hybridized carbons (Fsp3) is 0.500. The molecule has 19 heavy (non-hydrogen) atoms. The van der Waals surface area contributed by atoms with E-state index in [0.29, 0.717) is 31.2 Å². The minimum Gasteiger partial charge on any atom is -0.504 e. The number of phenolic OH excluding ortho intramolecular Hbond substituents is 1. The Hall–Kier alpha value is -1.75. The quantitative estimate of drug-likeness (QED) is 0.859. The molecule has 1 aliphatic heterocycles. The van der Waals surface area contributed by atoms with Crippen LogP contribution in [0.4, 0.5) is 0 Å². The van der Waals surface area contributed by atoms with Crippen LogP contribution < -0.4 is 4.74 Å². The molecule has 1 saturated heterocycles. The highest BCUT2D eigenvalue weighted by Crippen LogP contribution is 2.31. The van der Waals surface area contributed by atoms with Crippen molar-refractivity contribution in [1.82, 2.24) is 4.90 Å². The number of nitrogens with zero attached hydrogens (tertiary/aromatic N) is 1. The molecule has 1 aliphatic rings. The Bertz CT molecular complexity index is 461. The van der Waals surface area contributed by atoms with Crippen molar-refractivity contribution < 1.29 is 19.7 Å². The maximum atomic E-state index is 12.3. The molecular formula is C14H19NO4. The zero-order valence-electron chi connectivity index (χ0n) is 11.0. The Morgan fingerprint density at radius 3 is 3.00 bits per heavy atom. The average molecular weight is 265 g/mol. The van der Waals surface area contributed by atoms with E-state index in [1.165, 1.54) is 7.11 Å². The molecule has 2 N–H and O–H groups in total. The van der Waals surface area contributed by atoms with Gasteiger partial charge in [0.05, 0.1) is 12.7 Å². The van der Waals surface area contributed by atoms with Crippen LogP contribution in [0.5, 0.6) is 11.5 Å². The summed E-state index contributed by atoms with van der Waals surface area (Å²) in [5, 5.41) is 18.9. The summed E-state index contributed by atoms with van der Waals surface area (Å²) >= 11 is 0. The second kappa shape index (κ2) is 5.93. The van der Waals surface area contributed by atoms with E-state index in [-0.39, 0.29) is 23.8 Å². The third kappa shape index (κ3) is 2.81. The van der Waals surface area contributed by atoms with Gasteiger partial charge in [-0.3, -0.25) is 4.79 Å². The minimum atomic E-state index is -0.183. The lowest BCUT2D eigenvalue weighted by Gasteiger charge is -2.17. The lowest BCUT2D eigenvalue weighted by atomic mass is 10.1. The predicted octanol–water partition coefficient (Wildman–Crippen LogP) is 1.25. The summed E-state index contributed by atoms with van der Waals surface area (Å²) in [4.78, 5) is 14.1. The van der Waals surface area contributed by atoms with Gasteiger partial charge in [-0.15, -0.1) is 0 Å². The van der Waals surface area contributed by atoms with Crippen molar-refractivity contribution in [2.24, 2.45) is 5.92 Å². The van der Waals surface area contributed by atoms with Crippen molar-refractivity contribution >= 4 is 5.91 Å². The molecule has 1 heterocycles. The van der Waals surface area contributed by atoms with E-state index >= 15 is 0 Å². The first-order valence-electron chi connectivity index (χ1n) is 6.43. The minimum absolute atomic E-state index is 0.111. The van der Waals surface area contributed by atoms with E-state index in [1.807, 2.05) is 0 Å². The molecule has 0 radical (unpaired) electrons. The number of para-hydroxylation sites is 1. The largest absolute Gasteiger partial charge is 0.504 e. The van der Waals surface area contributed by atoms with Crippen LogP contribution in [0.1, 0.15) is 23.2 Å². The van der Waals surface area contributed by atoms with Crippen molar-refractivity contribution in [3.05, 3.63) is 23.8 Å². The number of rotatable bonds is 4. The molecule has 1 unspecified atom stereocenters. The number of hydrogen-bond donors (Lipinski definition) is 2.